The molecule has 2 aromatic rings. The highest BCUT2D eigenvalue weighted by molar-refractivity contribution is 5.87. The third-order valence-corrected chi connectivity index (χ3v) is 2.31. The Labute approximate surface area is 114 Å². The molecule has 0 bridgehead atoms. The van der Waals surface area contributed by atoms with Crippen molar-refractivity contribution in [1.29, 1.82) is 0 Å². The van der Waals surface area contributed by atoms with Crippen LogP contribution in [0.5, 0.6) is 11.5 Å². The van der Waals surface area contributed by atoms with Gasteiger partial charge in [-0.05, 0) is 12.1 Å². The van der Waals surface area contributed by atoms with Crippen LogP contribution in [-0.2, 0) is 4.79 Å². The van der Waals surface area contributed by atoms with Gasteiger partial charge in [0.05, 0.1) is 25.7 Å². The maximum absolute atomic E-state index is 11.2. The number of para-hydroxylation sites is 1. The highest BCUT2D eigenvalue weighted by Gasteiger charge is 2.09. The van der Waals surface area contributed by atoms with E-state index in [4.69, 9.17) is 19.0 Å². The zero-order valence-corrected chi connectivity index (χ0v) is 11.1. The van der Waals surface area contributed by atoms with Crippen molar-refractivity contribution < 1.29 is 23.8 Å². The second kappa shape index (κ2) is 6.98. The van der Waals surface area contributed by atoms with Crippen LogP contribution in [0.3, 0.4) is 0 Å². The molecule has 0 aliphatic heterocycles. The second-order valence-electron chi connectivity index (χ2n) is 3.51. The molecule has 106 valence electrons. The van der Waals surface area contributed by atoms with E-state index < -0.39 is 11.6 Å². The molecule has 0 saturated carbocycles. The molecule has 0 aliphatic carbocycles. The van der Waals surface area contributed by atoms with Gasteiger partial charge in [0.15, 0.2) is 11.3 Å². The summed E-state index contributed by atoms with van der Waals surface area (Å²) in [5.74, 6) is 0.0219. The van der Waals surface area contributed by atoms with Gasteiger partial charge in [0.25, 0.3) is 0 Å². The van der Waals surface area contributed by atoms with Gasteiger partial charge in [0.1, 0.15) is 5.75 Å². The lowest BCUT2D eigenvalue weighted by atomic mass is 10.2. The molecule has 6 heteroatoms. The maximum Gasteiger partial charge on any atom is 0.340 e. The van der Waals surface area contributed by atoms with Gasteiger partial charge in [-0.15, -0.1) is 0 Å². The summed E-state index contributed by atoms with van der Waals surface area (Å²) in [6, 6.07) is 6.65. The minimum Gasteiger partial charge on any atom is -0.496 e. The van der Waals surface area contributed by atoms with Crippen LogP contribution < -0.4 is 15.1 Å². The molecule has 1 N–H and O–H groups in total. The number of carboxylic acid groups (broad SMARTS) is 1. The van der Waals surface area contributed by atoms with Gasteiger partial charge in [-0.1, -0.05) is 12.6 Å². The van der Waals surface area contributed by atoms with E-state index in [1.165, 1.54) is 20.3 Å². The summed E-state index contributed by atoms with van der Waals surface area (Å²) in [6.07, 6.45) is 0.833. The van der Waals surface area contributed by atoms with Crippen LogP contribution in [0.15, 0.2) is 46.1 Å². The fourth-order valence-corrected chi connectivity index (χ4v) is 1.46. The number of carbonyl (C=O) groups is 1. The Morgan fingerprint density at radius 1 is 1.30 bits per heavy atom. The van der Waals surface area contributed by atoms with Crippen LogP contribution in [0.2, 0.25) is 0 Å². The van der Waals surface area contributed by atoms with E-state index in [2.05, 4.69) is 6.58 Å². The summed E-state index contributed by atoms with van der Waals surface area (Å²) < 4.78 is 15.3. The van der Waals surface area contributed by atoms with Crippen molar-refractivity contribution >= 4 is 16.9 Å². The summed E-state index contributed by atoms with van der Waals surface area (Å²) in [6.45, 7) is 2.96. The lowest BCUT2D eigenvalue weighted by molar-refractivity contribution is -0.131. The number of benzene rings is 1. The number of hydrogen-bond acceptors (Lipinski definition) is 5. The first-order chi connectivity index (χ1) is 9.53. The third kappa shape index (κ3) is 3.61. The zero-order valence-electron chi connectivity index (χ0n) is 11.1. The molecular weight excluding hydrogens is 264 g/mol. The molecule has 2 rings (SSSR count). The van der Waals surface area contributed by atoms with Gasteiger partial charge in [-0.3, -0.25) is 0 Å². The normalized spacial score (nSPS) is 9.30. The zero-order chi connectivity index (χ0) is 15.1. The molecule has 0 unspecified atom stereocenters. The van der Waals surface area contributed by atoms with Crippen molar-refractivity contribution in [2.45, 2.75) is 0 Å². The summed E-state index contributed by atoms with van der Waals surface area (Å²) in [5.41, 5.74) is -0.0480. The van der Waals surface area contributed by atoms with Gasteiger partial charge in [-0.25, -0.2) is 9.59 Å². The first-order valence-electron chi connectivity index (χ1n) is 5.53. The smallest absolute Gasteiger partial charge is 0.340 e. The molecule has 0 amide bonds. The Kier molecular flexibility index (Phi) is 5.34. The molecule has 0 fully saturated rings. The Bertz CT molecular complexity index is 671. The maximum atomic E-state index is 11.2. The second-order valence-corrected chi connectivity index (χ2v) is 3.51. The lowest BCUT2D eigenvalue weighted by Gasteiger charge is -2.06. The molecular formula is C14H14O6. The number of fused-ring (bicyclic) bond motifs is 1. The minimum atomic E-state index is -0.981. The number of methoxy groups -OCH3 is 2. The fourth-order valence-electron chi connectivity index (χ4n) is 1.46. The van der Waals surface area contributed by atoms with Crippen LogP contribution >= 0.6 is 0 Å². The van der Waals surface area contributed by atoms with Crippen LogP contribution in [0, 0.1) is 0 Å². The standard InChI is InChI=1S/C11H10O4.C3H4O2/c1-13-8-5-3-4-7-9(14-2)6-10(12)15-11(7)8;1-2-3(4)5/h3-6H,1-2H3;2H,1H2,(H,4,5). The van der Waals surface area contributed by atoms with E-state index in [9.17, 15) is 9.59 Å². The van der Waals surface area contributed by atoms with E-state index in [0.717, 1.165) is 11.5 Å². The van der Waals surface area contributed by atoms with Crippen molar-refractivity contribution in [2.75, 3.05) is 14.2 Å². The predicted molar refractivity (Wildman–Crippen MR) is 73.4 cm³/mol. The Morgan fingerprint density at radius 2 is 1.90 bits per heavy atom. The first kappa shape index (κ1) is 15.3. The molecule has 6 nitrogen and oxygen atoms in total. The molecule has 0 saturated heterocycles. The number of carboxylic acids is 1. The first-order valence-corrected chi connectivity index (χ1v) is 5.53. The quantitative estimate of drug-likeness (QED) is 0.683. The van der Waals surface area contributed by atoms with E-state index in [0.29, 0.717) is 17.1 Å². The number of ether oxygens (including phenoxy) is 2. The van der Waals surface area contributed by atoms with Crippen molar-refractivity contribution in [3.63, 3.8) is 0 Å². The SMILES string of the molecule is C=CC(=O)O.COc1cc(=O)oc2c(OC)cccc12. The Morgan fingerprint density at radius 3 is 2.40 bits per heavy atom. The van der Waals surface area contributed by atoms with Crippen molar-refractivity contribution in [1.82, 2.24) is 0 Å². The number of rotatable bonds is 3. The fraction of sp³-hybridized carbons (Fsp3) is 0.143. The van der Waals surface area contributed by atoms with Gasteiger partial charge >= 0.3 is 11.6 Å². The predicted octanol–water partition coefficient (Wildman–Crippen LogP) is 2.07. The molecule has 1 aromatic carbocycles. The summed E-state index contributed by atoms with van der Waals surface area (Å²) in [5, 5.41) is 8.32. The minimum absolute atomic E-state index is 0.407. The highest BCUT2D eigenvalue weighted by atomic mass is 16.5. The Hall–Kier alpha value is -2.76. The summed E-state index contributed by atoms with van der Waals surface area (Å²) >= 11 is 0. The van der Waals surface area contributed by atoms with E-state index >= 15 is 0 Å². The van der Waals surface area contributed by atoms with Gasteiger partial charge in [-0.2, -0.15) is 0 Å². The average Bonchev–Trinajstić information content (AvgIpc) is 2.46. The Balaban J connectivity index is 0.000000347. The number of aliphatic carboxylic acids is 1. The van der Waals surface area contributed by atoms with E-state index in [-0.39, 0.29) is 0 Å². The molecule has 0 radical (unpaired) electrons. The van der Waals surface area contributed by atoms with E-state index in [1.807, 2.05) is 6.07 Å². The van der Waals surface area contributed by atoms with Gasteiger partial charge < -0.3 is 19.0 Å². The van der Waals surface area contributed by atoms with Crippen molar-refractivity contribution in [2.24, 2.45) is 0 Å². The van der Waals surface area contributed by atoms with Crippen molar-refractivity contribution in [3.8, 4) is 11.5 Å². The largest absolute Gasteiger partial charge is 0.496 e. The monoisotopic (exact) mass is 278 g/mol. The lowest BCUT2D eigenvalue weighted by Crippen LogP contribution is -1.99. The number of hydrogen-bond donors (Lipinski definition) is 1. The van der Waals surface area contributed by atoms with Crippen LogP contribution in [-0.4, -0.2) is 25.3 Å². The molecule has 20 heavy (non-hydrogen) atoms. The molecule has 0 spiro atoms. The molecule has 0 atom stereocenters. The molecule has 1 heterocycles. The average molecular weight is 278 g/mol. The van der Waals surface area contributed by atoms with Crippen LogP contribution in [0.1, 0.15) is 0 Å². The summed E-state index contributed by atoms with van der Waals surface area (Å²) in [4.78, 5) is 20.5. The van der Waals surface area contributed by atoms with Gasteiger partial charge in [0, 0.05) is 6.08 Å². The van der Waals surface area contributed by atoms with Crippen molar-refractivity contribution in [3.05, 3.63) is 47.3 Å². The third-order valence-electron chi connectivity index (χ3n) is 2.31. The summed E-state index contributed by atoms with van der Waals surface area (Å²) in [7, 11) is 3.03. The van der Waals surface area contributed by atoms with Crippen LogP contribution in [0.25, 0.3) is 11.0 Å². The molecule has 1 aromatic heterocycles. The van der Waals surface area contributed by atoms with Crippen LogP contribution in [0.4, 0.5) is 0 Å². The topological polar surface area (TPSA) is 86.0 Å². The van der Waals surface area contributed by atoms with E-state index in [1.54, 1.807) is 12.1 Å². The van der Waals surface area contributed by atoms with Gasteiger partial charge in [0.2, 0.25) is 0 Å². The molecule has 0 aliphatic rings. The highest BCUT2D eigenvalue weighted by Crippen LogP contribution is 2.29.